The first kappa shape index (κ1) is 22.9. The zero-order valence-electron chi connectivity index (χ0n) is 16.2. The van der Waals surface area contributed by atoms with Gasteiger partial charge in [0.2, 0.25) is 0 Å². The fraction of sp³-hybridized carbons (Fsp3) is 0.944. The number of likely N-dealkylation sites (tertiary alicyclic amines) is 2. The normalized spacial score (nSPS) is 23.4. The quantitative estimate of drug-likeness (QED) is 0.268. The van der Waals surface area contributed by atoms with Gasteiger partial charge in [-0.3, -0.25) is 4.99 Å². The van der Waals surface area contributed by atoms with Crippen molar-refractivity contribution in [2.75, 3.05) is 67.1 Å². The summed E-state index contributed by atoms with van der Waals surface area (Å²) in [6.45, 7) is 7.11. The Morgan fingerprint density at radius 2 is 1.92 bits per heavy atom. The van der Waals surface area contributed by atoms with Crippen molar-refractivity contribution in [1.29, 1.82) is 0 Å². The SMILES string of the molecule is CN=C(NCC1CCCN(C)C1)N1CCC(OCCCOC)CC1.I. The first-order valence-electron chi connectivity index (χ1n) is 9.47. The Labute approximate surface area is 170 Å². The molecular weight excluding hydrogens is 431 g/mol. The number of nitrogens with one attached hydrogen (secondary N) is 1. The molecule has 0 aromatic heterocycles. The number of aliphatic imine (C=N–C) groups is 1. The van der Waals surface area contributed by atoms with Gasteiger partial charge in [-0.25, -0.2) is 0 Å². The summed E-state index contributed by atoms with van der Waals surface area (Å²) in [6.07, 6.45) is 6.18. The van der Waals surface area contributed by atoms with Gasteiger partial charge in [0, 0.05) is 53.6 Å². The Kier molecular flexibility index (Phi) is 12.0. The average molecular weight is 468 g/mol. The third-order valence-corrected chi connectivity index (χ3v) is 5.07. The smallest absolute Gasteiger partial charge is 0.193 e. The van der Waals surface area contributed by atoms with Gasteiger partial charge in [-0.15, -0.1) is 24.0 Å². The van der Waals surface area contributed by atoms with Gasteiger partial charge in [-0.2, -0.15) is 0 Å². The molecule has 6 nitrogen and oxygen atoms in total. The first-order chi connectivity index (χ1) is 11.7. The standard InChI is InChI=1S/C18H36N4O2.HI/c1-19-18(20-14-16-6-4-9-21(2)15-16)22-10-7-17(8-11-22)24-13-5-12-23-3;/h16-17H,4-15H2,1-3H3,(H,19,20);1H. The van der Waals surface area contributed by atoms with Crippen LogP contribution in [0.25, 0.3) is 0 Å². The van der Waals surface area contributed by atoms with E-state index in [1.54, 1.807) is 7.11 Å². The predicted molar refractivity (Wildman–Crippen MR) is 114 cm³/mol. The van der Waals surface area contributed by atoms with Crippen molar-refractivity contribution in [2.24, 2.45) is 10.9 Å². The summed E-state index contributed by atoms with van der Waals surface area (Å²) in [5, 5.41) is 3.60. The number of guanidine groups is 1. The van der Waals surface area contributed by atoms with Crippen molar-refractivity contribution in [2.45, 2.75) is 38.2 Å². The van der Waals surface area contributed by atoms with E-state index in [-0.39, 0.29) is 24.0 Å². The third-order valence-electron chi connectivity index (χ3n) is 5.07. The molecule has 2 rings (SSSR count). The molecule has 0 saturated carbocycles. The molecule has 2 aliphatic heterocycles. The largest absolute Gasteiger partial charge is 0.385 e. The van der Waals surface area contributed by atoms with Crippen LogP contribution in [0.4, 0.5) is 0 Å². The van der Waals surface area contributed by atoms with Crippen LogP contribution in [0.15, 0.2) is 4.99 Å². The van der Waals surface area contributed by atoms with Gasteiger partial charge in [0.05, 0.1) is 6.10 Å². The number of piperidine rings is 2. The van der Waals surface area contributed by atoms with E-state index in [0.717, 1.165) is 64.0 Å². The lowest BCUT2D eigenvalue weighted by Crippen LogP contribution is -2.49. The van der Waals surface area contributed by atoms with Crippen molar-refractivity contribution in [3.05, 3.63) is 0 Å². The Bertz CT molecular complexity index is 376. The highest BCUT2D eigenvalue weighted by Crippen LogP contribution is 2.16. The second kappa shape index (κ2) is 13.1. The van der Waals surface area contributed by atoms with E-state index < -0.39 is 0 Å². The van der Waals surface area contributed by atoms with E-state index >= 15 is 0 Å². The van der Waals surface area contributed by atoms with Crippen molar-refractivity contribution in [1.82, 2.24) is 15.1 Å². The topological polar surface area (TPSA) is 49.3 Å². The number of methoxy groups -OCH3 is 1. The van der Waals surface area contributed by atoms with Gasteiger partial charge in [-0.1, -0.05) is 0 Å². The van der Waals surface area contributed by atoms with Crippen molar-refractivity contribution >= 4 is 29.9 Å². The van der Waals surface area contributed by atoms with Crippen LogP contribution < -0.4 is 5.32 Å². The molecule has 2 fully saturated rings. The lowest BCUT2D eigenvalue weighted by atomic mass is 9.98. The lowest BCUT2D eigenvalue weighted by molar-refractivity contribution is 0.00986. The summed E-state index contributed by atoms with van der Waals surface area (Å²) in [4.78, 5) is 9.30. The van der Waals surface area contributed by atoms with Crippen LogP contribution in [0.1, 0.15) is 32.1 Å². The highest BCUT2D eigenvalue weighted by Gasteiger charge is 2.23. The molecule has 25 heavy (non-hydrogen) atoms. The zero-order valence-corrected chi connectivity index (χ0v) is 18.5. The molecule has 1 atom stereocenters. The van der Waals surface area contributed by atoms with Crippen LogP contribution in [0.5, 0.6) is 0 Å². The van der Waals surface area contributed by atoms with Crippen LogP contribution in [-0.2, 0) is 9.47 Å². The molecule has 0 bridgehead atoms. The maximum atomic E-state index is 5.94. The molecular formula is C18H37IN4O2. The third kappa shape index (κ3) is 8.41. The molecule has 0 aliphatic carbocycles. The molecule has 1 N–H and O–H groups in total. The second-order valence-electron chi connectivity index (χ2n) is 7.10. The molecule has 1 unspecified atom stereocenters. The molecule has 148 valence electrons. The summed E-state index contributed by atoms with van der Waals surface area (Å²) in [5.74, 6) is 1.79. The van der Waals surface area contributed by atoms with Crippen LogP contribution in [0.3, 0.4) is 0 Å². The maximum Gasteiger partial charge on any atom is 0.193 e. The Morgan fingerprint density at radius 1 is 1.16 bits per heavy atom. The molecule has 0 radical (unpaired) electrons. The minimum Gasteiger partial charge on any atom is -0.385 e. The van der Waals surface area contributed by atoms with E-state index in [4.69, 9.17) is 9.47 Å². The van der Waals surface area contributed by atoms with Gasteiger partial charge < -0.3 is 24.6 Å². The fourth-order valence-electron chi connectivity index (χ4n) is 3.70. The van der Waals surface area contributed by atoms with Crippen molar-refractivity contribution in [3.8, 4) is 0 Å². The van der Waals surface area contributed by atoms with E-state index in [9.17, 15) is 0 Å². The van der Waals surface area contributed by atoms with Gasteiger partial charge in [0.15, 0.2) is 5.96 Å². The monoisotopic (exact) mass is 468 g/mol. The summed E-state index contributed by atoms with van der Waals surface area (Å²) in [5.41, 5.74) is 0. The molecule has 0 amide bonds. The number of rotatable bonds is 7. The molecule has 2 saturated heterocycles. The highest BCUT2D eigenvalue weighted by atomic mass is 127. The predicted octanol–water partition coefficient (Wildman–Crippen LogP) is 2.04. The summed E-state index contributed by atoms with van der Waals surface area (Å²) in [6, 6.07) is 0. The first-order valence-corrected chi connectivity index (χ1v) is 9.47. The highest BCUT2D eigenvalue weighted by molar-refractivity contribution is 14.0. The van der Waals surface area contributed by atoms with Crippen molar-refractivity contribution in [3.63, 3.8) is 0 Å². The average Bonchev–Trinajstić information content (AvgIpc) is 2.60. The molecule has 2 aliphatic rings. The molecule has 0 spiro atoms. The van der Waals surface area contributed by atoms with E-state index in [1.807, 2.05) is 7.05 Å². The van der Waals surface area contributed by atoms with E-state index in [0.29, 0.717) is 6.10 Å². The maximum absolute atomic E-state index is 5.94. The summed E-state index contributed by atoms with van der Waals surface area (Å²) < 4.78 is 11.0. The summed E-state index contributed by atoms with van der Waals surface area (Å²) >= 11 is 0. The van der Waals surface area contributed by atoms with Gasteiger partial charge in [0.1, 0.15) is 0 Å². The van der Waals surface area contributed by atoms with Crippen LogP contribution in [-0.4, -0.2) is 89.0 Å². The Balaban J connectivity index is 0.00000312. The molecule has 7 heteroatoms. The zero-order chi connectivity index (χ0) is 17.2. The van der Waals surface area contributed by atoms with Gasteiger partial charge >= 0.3 is 0 Å². The molecule has 0 aromatic rings. The van der Waals surface area contributed by atoms with Crippen LogP contribution in [0.2, 0.25) is 0 Å². The summed E-state index contributed by atoms with van der Waals surface area (Å²) in [7, 11) is 5.85. The number of hydrogen-bond acceptors (Lipinski definition) is 4. The molecule has 0 aromatic carbocycles. The van der Waals surface area contributed by atoms with E-state index in [1.165, 1.54) is 25.9 Å². The lowest BCUT2D eigenvalue weighted by Gasteiger charge is -2.35. The van der Waals surface area contributed by atoms with E-state index in [2.05, 4.69) is 27.2 Å². The molecule has 2 heterocycles. The number of ether oxygens (including phenoxy) is 2. The fourth-order valence-corrected chi connectivity index (χ4v) is 3.70. The van der Waals surface area contributed by atoms with Crippen LogP contribution >= 0.6 is 24.0 Å². The second-order valence-corrected chi connectivity index (χ2v) is 7.10. The van der Waals surface area contributed by atoms with Crippen molar-refractivity contribution < 1.29 is 9.47 Å². The number of nitrogens with zero attached hydrogens (tertiary/aromatic N) is 3. The minimum absolute atomic E-state index is 0. The Morgan fingerprint density at radius 3 is 2.56 bits per heavy atom. The number of hydrogen-bond donors (Lipinski definition) is 1. The van der Waals surface area contributed by atoms with Gasteiger partial charge in [0.25, 0.3) is 0 Å². The minimum atomic E-state index is 0. The Hall–Kier alpha value is -0.120. The van der Waals surface area contributed by atoms with Gasteiger partial charge in [-0.05, 0) is 51.6 Å². The number of halogens is 1. The van der Waals surface area contributed by atoms with Crippen LogP contribution in [0, 0.1) is 5.92 Å².